The van der Waals surface area contributed by atoms with Crippen LogP contribution < -0.4 is 10.2 Å². The smallest absolute Gasteiger partial charge is 0.307 e. The maximum atomic E-state index is 12.9. The Morgan fingerprint density at radius 1 is 1.35 bits per heavy atom. The van der Waals surface area contributed by atoms with Crippen LogP contribution in [0.15, 0.2) is 24.3 Å². The molecule has 1 aromatic carbocycles. The number of benzene rings is 1. The van der Waals surface area contributed by atoms with Gasteiger partial charge in [0.15, 0.2) is 0 Å². The summed E-state index contributed by atoms with van der Waals surface area (Å²) in [5.41, 5.74) is 1.03. The van der Waals surface area contributed by atoms with Crippen LogP contribution in [0.3, 0.4) is 0 Å². The van der Waals surface area contributed by atoms with E-state index in [0.717, 1.165) is 0 Å². The van der Waals surface area contributed by atoms with Crippen LogP contribution in [0.4, 0.5) is 15.3 Å². The molecule has 1 fully saturated rings. The molecule has 0 bridgehead atoms. The minimum absolute atomic E-state index is 0.197. The molecule has 1 heterocycles. The first-order valence-corrected chi connectivity index (χ1v) is 7.33. The van der Waals surface area contributed by atoms with Gasteiger partial charge in [0.25, 0.3) is 0 Å². The fourth-order valence-corrected chi connectivity index (χ4v) is 2.71. The average molecular weight is 300 g/mol. The first-order chi connectivity index (χ1) is 9.27. The zero-order valence-electron chi connectivity index (χ0n) is 10.7. The number of nitrogens with zero attached hydrogens (tertiary/aromatic N) is 1. The molecule has 2 rings (SSSR count). The third kappa shape index (κ3) is 3.13. The van der Waals surface area contributed by atoms with E-state index in [0.29, 0.717) is 11.4 Å². The Morgan fingerprint density at radius 3 is 2.40 bits per heavy atom. The average Bonchev–Trinajstić information content (AvgIpc) is 2.71. The van der Waals surface area contributed by atoms with Crippen molar-refractivity contribution in [2.24, 2.45) is 0 Å². The standard InChI is InChI=1S/C12H13FN2O4S/c1-8(16)14-9-2-4-10(5-3-9)15-7-11(6-12(15)17)20(13,18)19/h2-5,11H,6-7H2,1H3,(H,14,16). The Balaban J connectivity index is 2.16. The molecule has 0 radical (unpaired) electrons. The van der Waals surface area contributed by atoms with Gasteiger partial charge < -0.3 is 10.2 Å². The highest BCUT2D eigenvalue weighted by Crippen LogP contribution is 2.26. The van der Waals surface area contributed by atoms with Gasteiger partial charge in [-0.25, -0.2) is 0 Å². The Hall–Kier alpha value is -1.96. The minimum Gasteiger partial charge on any atom is -0.326 e. The summed E-state index contributed by atoms with van der Waals surface area (Å²) in [7, 11) is -4.72. The number of anilines is 2. The van der Waals surface area contributed by atoms with E-state index in [9.17, 15) is 21.9 Å². The van der Waals surface area contributed by atoms with Gasteiger partial charge in [0.1, 0.15) is 5.25 Å². The summed E-state index contributed by atoms with van der Waals surface area (Å²) in [5.74, 6) is -0.665. The third-order valence-electron chi connectivity index (χ3n) is 2.99. The molecule has 1 N–H and O–H groups in total. The second kappa shape index (κ2) is 5.20. The summed E-state index contributed by atoms with van der Waals surface area (Å²) in [6, 6.07) is 6.30. The van der Waals surface area contributed by atoms with Crippen molar-refractivity contribution in [3.05, 3.63) is 24.3 Å². The van der Waals surface area contributed by atoms with Crippen molar-refractivity contribution in [2.75, 3.05) is 16.8 Å². The summed E-state index contributed by atoms with van der Waals surface area (Å²) in [5, 5.41) is 1.25. The van der Waals surface area contributed by atoms with Crippen LogP contribution in [0.1, 0.15) is 13.3 Å². The monoisotopic (exact) mass is 300 g/mol. The number of halogens is 1. The summed E-state index contributed by atoms with van der Waals surface area (Å²) < 4.78 is 34.6. The molecule has 1 unspecified atom stereocenters. The number of hydrogen-bond acceptors (Lipinski definition) is 4. The molecule has 0 aliphatic carbocycles. The Morgan fingerprint density at radius 2 is 1.95 bits per heavy atom. The lowest BCUT2D eigenvalue weighted by Crippen LogP contribution is -2.26. The van der Waals surface area contributed by atoms with Crippen molar-refractivity contribution in [2.45, 2.75) is 18.6 Å². The summed E-state index contributed by atoms with van der Waals surface area (Å²) >= 11 is 0. The highest BCUT2D eigenvalue weighted by molar-refractivity contribution is 7.87. The summed E-state index contributed by atoms with van der Waals surface area (Å²) in [6.45, 7) is 1.17. The molecule has 1 saturated heterocycles. The SMILES string of the molecule is CC(=O)Nc1ccc(N2CC(S(=O)(=O)F)CC2=O)cc1. The van der Waals surface area contributed by atoms with Gasteiger partial charge in [-0.2, -0.15) is 8.42 Å². The molecular formula is C12H13FN2O4S. The molecule has 0 saturated carbocycles. The lowest BCUT2D eigenvalue weighted by Gasteiger charge is -2.16. The molecule has 20 heavy (non-hydrogen) atoms. The first-order valence-electron chi connectivity index (χ1n) is 5.89. The van der Waals surface area contributed by atoms with E-state index in [1.54, 1.807) is 24.3 Å². The largest absolute Gasteiger partial charge is 0.326 e. The Labute approximate surface area is 115 Å². The van der Waals surface area contributed by atoms with Crippen molar-refractivity contribution < 1.29 is 21.9 Å². The van der Waals surface area contributed by atoms with Gasteiger partial charge >= 0.3 is 10.2 Å². The van der Waals surface area contributed by atoms with Gasteiger partial charge in [0.05, 0.1) is 0 Å². The molecule has 8 heteroatoms. The fourth-order valence-electron chi connectivity index (χ4n) is 2.04. The predicted molar refractivity (Wildman–Crippen MR) is 71.5 cm³/mol. The zero-order valence-corrected chi connectivity index (χ0v) is 11.5. The van der Waals surface area contributed by atoms with Crippen molar-refractivity contribution in [3.63, 3.8) is 0 Å². The fraction of sp³-hybridized carbons (Fsp3) is 0.333. The summed E-state index contributed by atoms with van der Waals surface area (Å²) in [4.78, 5) is 23.8. The summed E-state index contributed by atoms with van der Waals surface area (Å²) in [6.07, 6.45) is -0.355. The van der Waals surface area contributed by atoms with Gasteiger partial charge in [-0.15, -0.1) is 3.89 Å². The van der Waals surface area contributed by atoms with Crippen LogP contribution in [-0.4, -0.2) is 32.0 Å². The van der Waals surface area contributed by atoms with Crippen LogP contribution in [0.2, 0.25) is 0 Å². The minimum atomic E-state index is -4.72. The molecule has 1 aromatic rings. The Bertz CT molecular complexity index is 642. The van der Waals surface area contributed by atoms with Crippen LogP contribution in [0, 0.1) is 0 Å². The van der Waals surface area contributed by atoms with E-state index < -0.39 is 21.4 Å². The van der Waals surface area contributed by atoms with Gasteiger partial charge in [0, 0.05) is 31.3 Å². The molecular weight excluding hydrogens is 287 g/mol. The first kappa shape index (κ1) is 14.4. The molecule has 108 valence electrons. The van der Waals surface area contributed by atoms with E-state index in [1.807, 2.05) is 0 Å². The van der Waals surface area contributed by atoms with Gasteiger partial charge in [0.2, 0.25) is 11.8 Å². The number of carbonyl (C=O) groups is 2. The highest BCUT2D eigenvalue weighted by atomic mass is 32.3. The van der Waals surface area contributed by atoms with Crippen molar-refractivity contribution in [1.29, 1.82) is 0 Å². The highest BCUT2D eigenvalue weighted by Gasteiger charge is 2.38. The third-order valence-corrected chi connectivity index (χ3v) is 4.10. The predicted octanol–water partition coefficient (Wildman–Crippen LogP) is 1.05. The van der Waals surface area contributed by atoms with E-state index in [2.05, 4.69) is 5.32 Å². The zero-order chi connectivity index (χ0) is 14.9. The molecule has 0 aromatic heterocycles. The quantitative estimate of drug-likeness (QED) is 0.846. The van der Waals surface area contributed by atoms with E-state index >= 15 is 0 Å². The second-order valence-electron chi connectivity index (χ2n) is 4.53. The van der Waals surface area contributed by atoms with Crippen molar-refractivity contribution in [3.8, 4) is 0 Å². The van der Waals surface area contributed by atoms with Crippen LogP contribution in [-0.2, 0) is 19.8 Å². The molecule has 2 amide bonds. The van der Waals surface area contributed by atoms with Gasteiger partial charge in [-0.05, 0) is 24.3 Å². The van der Waals surface area contributed by atoms with Crippen molar-refractivity contribution >= 4 is 33.4 Å². The number of rotatable bonds is 3. The molecule has 1 atom stereocenters. The lowest BCUT2D eigenvalue weighted by molar-refractivity contribution is -0.117. The van der Waals surface area contributed by atoms with Crippen LogP contribution in [0.5, 0.6) is 0 Å². The molecule has 6 nitrogen and oxygen atoms in total. The van der Waals surface area contributed by atoms with Crippen molar-refractivity contribution in [1.82, 2.24) is 0 Å². The topological polar surface area (TPSA) is 83.6 Å². The number of amides is 2. The molecule has 1 aliphatic heterocycles. The van der Waals surface area contributed by atoms with Gasteiger partial charge in [-0.3, -0.25) is 9.59 Å². The number of carbonyl (C=O) groups excluding carboxylic acids is 2. The number of hydrogen-bond donors (Lipinski definition) is 1. The normalized spacial score (nSPS) is 19.2. The van der Waals surface area contributed by atoms with Crippen LogP contribution >= 0.6 is 0 Å². The second-order valence-corrected chi connectivity index (χ2v) is 6.15. The molecule has 0 spiro atoms. The lowest BCUT2D eigenvalue weighted by atomic mass is 10.2. The maximum Gasteiger partial charge on any atom is 0.307 e. The number of nitrogens with one attached hydrogen (secondary N) is 1. The maximum absolute atomic E-state index is 12.9. The Kier molecular flexibility index (Phi) is 3.76. The van der Waals surface area contributed by atoms with Gasteiger partial charge in [-0.1, -0.05) is 0 Å². The van der Waals surface area contributed by atoms with E-state index in [-0.39, 0.29) is 18.9 Å². The van der Waals surface area contributed by atoms with E-state index in [1.165, 1.54) is 11.8 Å². The van der Waals surface area contributed by atoms with Crippen LogP contribution in [0.25, 0.3) is 0 Å². The molecule has 1 aliphatic rings. The van der Waals surface area contributed by atoms with E-state index in [4.69, 9.17) is 0 Å².